The molecule has 0 atom stereocenters. The molecule has 0 unspecified atom stereocenters. The third-order valence-corrected chi connectivity index (χ3v) is 2.56. The van der Waals surface area contributed by atoms with Crippen molar-refractivity contribution in [2.24, 2.45) is 5.84 Å². The SMILES string of the molecule is NNc1nc(Nc2cccc(Cl)c2F)c(F)cc1F. The predicted molar refractivity (Wildman–Crippen MR) is 66.7 cm³/mol. The summed E-state index contributed by atoms with van der Waals surface area (Å²) < 4.78 is 40.3. The van der Waals surface area contributed by atoms with Crippen molar-refractivity contribution < 1.29 is 13.2 Å². The lowest BCUT2D eigenvalue weighted by Crippen LogP contribution is -2.12. The van der Waals surface area contributed by atoms with E-state index in [4.69, 9.17) is 17.4 Å². The maximum Gasteiger partial charge on any atom is 0.178 e. The van der Waals surface area contributed by atoms with Crippen LogP contribution in [0.2, 0.25) is 5.02 Å². The van der Waals surface area contributed by atoms with Crippen LogP contribution in [0.3, 0.4) is 0 Å². The van der Waals surface area contributed by atoms with Crippen molar-refractivity contribution in [3.05, 3.63) is 46.7 Å². The van der Waals surface area contributed by atoms with Crippen LogP contribution in [0.1, 0.15) is 0 Å². The van der Waals surface area contributed by atoms with Crippen LogP contribution in [0.4, 0.5) is 30.5 Å². The normalized spacial score (nSPS) is 10.4. The van der Waals surface area contributed by atoms with Crippen LogP contribution >= 0.6 is 11.6 Å². The van der Waals surface area contributed by atoms with E-state index >= 15 is 0 Å². The third-order valence-electron chi connectivity index (χ3n) is 2.27. The molecule has 1 aromatic carbocycles. The van der Waals surface area contributed by atoms with Gasteiger partial charge in [-0.3, -0.25) is 0 Å². The summed E-state index contributed by atoms with van der Waals surface area (Å²) in [6.45, 7) is 0. The van der Waals surface area contributed by atoms with E-state index in [2.05, 4.69) is 10.3 Å². The van der Waals surface area contributed by atoms with Crippen molar-refractivity contribution in [2.45, 2.75) is 0 Å². The van der Waals surface area contributed by atoms with Crippen LogP contribution in [-0.4, -0.2) is 4.98 Å². The number of hydrogen-bond acceptors (Lipinski definition) is 4. The van der Waals surface area contributed by atoms with Crippen LogP contribution < -0.4 is 16.6 Å². The Kier molecular flexibility index (Phi) is 3.77. The van der Waals surface area contributed by atoms with Crippen molar-refractivity contribution in [3.8, 4) is 0 Å². The van der Waals surface area contributed by atoms with Gasteiger partial charge in [-0.05, 0) is 12.1 Å². The summed E-state index contributed by atoms with van der Waals surface area (Å²) in [5.74, 6) is 1.55. The summed E-state index contributed by atoms with van der Waals surface area (Å²) in [7, 11) is 0. The number of nitrogen functional groups attached to an aromatic ring is 1. The second-order valence-corrected chi connectivity index (χ2v) is 3.93. The topological polar surface area (TPSA) is 63.0 Å². The Morgan fingerprint density at radius 2 is 1.79 bits per heavy atom. The molecule has 2 rings (SSSR count). The van der Waals surface area contributed by atoms with Gasteiger partial charge in [0.05, 0.1) is 10.7 Å². The number of hydrogen-bond donors (Lipinski definition) is 3. The summed E-state index contributed by atoms with van der Waals surface area (Å²) in [5, 5.41) is 2.24. The van der Waals surface area contributed by atoms with Gasteiger partial charge in [0, 0.05) is 6.07 Å². The van der Waals surface area contributed by atoms with Gasteiger partial charge < -0.3 is 10.7 Å². The number of rotatable bonds is 3. The molecule has 0 radical (unpaired) electrons. The van der Waals surface area contributed by atoms with E-state index in [1.807, 2.05) is 5.43 Å². The first-order valence-electron chi connectivity index (χ1n) is 5.06. The zero-order valence-corrected chi connectivity index (χ0v) is 10.1. The van der Waals surface area contributed by atoms with Gasteiger partial charge in [0.2, 0.25) is 0 Å². The van der Waals surface area contributed by atoms with Gasteiger partial charge in [-0.1, -0.05) is 17.7 Å². The smallest absolute Gasteiger partial charge is 0.178 e. The molecule has 0 saturated heterocycles. The molecule has 100 valence electrons. The minimum absolute atomic E-state index is 0.0894. The van der Waals surface area contributed by atoms with Crippen LogP contribution in [0.15, 0.2) is 24.3 Å². The maximum atomic E-state index is 13.6. The molecule has 0 saturated carbocycles. The molecule has 19 heavy (non-hydrogen) atoms. The highest BCUT2D eigenvalue weighted by atomic mass is 35.5. The first-order valence-corrected chi connectivity index (χ1v) is 5.44. The number of nitrogens with zero attached hydrogens (tertiary/aromatic N) is 1. The van der Waals surface area contributed by atoms with Crippen molar-refractivity contribution in [1.29, 1.82) is 0 Å². The maximum absolute atomic E-state index is 13.6. The molecule has 4 N–H and O–H groups in total. The van der Waals surface area contributed by atoms with E-state index < -0.39 is 17.5 Å². The number of aromatic nitrogens is 1. The third kappa shape index (κ3) is 2.72. The average molecular weight is 289 g/mol. The quantitative estimate of drug-likeness (QED) is 0.599. The standard InChI is InChI=1S/C11H8ClF3N4/c12-5-2-1-3-8(9(5)15)17-10-6(13)4-7(14)11(18-10)19-16/h1-4H,16H2,(H2,17,18,19). The minimum atomic E-state index is -0.990. The average Bonchev–Trinajstić information content (AvgIpc) is 2.38. The van der Waals surface area contributed by atoms with Crippen LogP contribution in [0.5, 0.6) is 0 Å². The highest BCUT2D eigenvalue weighted by Crippen LogP contribution is 2.27. The van der Waals surface area contributed by atoms with Crippen molar-refractivity contribution in [3.63, 3.8) is 0 Å². The molecule has 0 aliphatic heterocycles. The van der Waals surface area contributed by atoms with Gasteiger partial charge in [0.25, 0.3) is 0 Å². The largest absolute Gasteiger partial charge is 0.335 e. The van der Waals surface area contributed by atoms with Gasteiger partial charge in [-0.15, -0.1) is 0 Å². The monoisotopic (exact) mass is 288 g/mol. The molecule has 8 heteroatoms. The number of anilines is 3. The highest BCUT2D eigenvalue weighted by Gasteiger charge is 2.13. The molecule has 1 heterocycles. The second kappa shape index (κ2) is 5.33. The van der Waals surface area contributed by atoms with Gasteiger partial charge in [0.1, 0.15) is 0 Å². The van der Waals surface area contributed by atoms with E-state index in [1.54, 1.807) is 0 Å². The van der Waals surface area contributed by atoms with Crippen molar-refractivity contribution in [1.82, 2.24) is 4.98 Å². The second-order valence-electron chi connectivity index (χ2n) is 3.52. The molecular formula is C11H8ClF3N4. The zero-order chi connectivity index (χ0) is 14.0. The van der Waals surface area contributed by atoms with Gasteiger partial charge >= 0.3 is 0 Å². The number of hydrazine groups is 1. The first-order chi connectivity index (χ1) is 9.02. The molecule has 1 aromatic heterocycles. The first kappa shape index (κ1) is 13.4. The fourth-order valence-electron chi connectivity index (χ4n) is 1.38. The Bertz CT molecular complexity index is 621. The van der Waals surface area contributed by atoms with Crippen LogP contribution in [-0.2, 0) is 0 Å². The summed E-state index contributed by atoms with van der Waals surface area (Å²) in [6, 6.07) is 4.72. The highest BCUT2D eigenvalue weighted by molar-refractivity contribution is 6.31. The molecule has 2 aromatic rings. The summed E-state index contributed by atoms with van der Waals surface area (Å²) in [4.78, 5) is 3.55. The summed E-state index contributed by atoms with van der Waals surface area (Å²) in [5.41, 5.74) is 1.87. The Hall–Kier alpha value is -1.99. The van der Waals surface area contributed by atoms with Crippen molar-refractivity contribution >= 4 is 28.9 Å². The Morgan fingerprint density at radius 1 is 1.11 bits per heavy atom. The van der Waals surface area contributed by atoms with Crippen LogP contribution in [0.25, 0.3) is 0 Å². The Balaban J connectivity index is 2.41. The fourth-order valence-corrected chi connectivity index (χ4v) is 1.56. The molecule has 0 fully saturated rings. The molecule has 0 spiro atoms. The van der Waals surface area contributed by atoms with Crippen LogP contribution in [0, 0.1) is 17.5 Å². The molecule has 4 nitrogen and oxygen atoms in total. The van der Waals surface area contributed by atoms with E-state index in [0.29, 0.717) is 6.07 Å². The number of nitrogens with one attached hydrogen (secondary N) is 2. The lowest BCUT2D eigenvalue weighted by molar-refractivity contribution is 0.579. The predicted octanol–water partition coefficient (Wildman–Crippen LogP) is 3.18. The van der Waals surface area contributed by atoms with Gasteiger partial charge in [0.15, 0.2) is 29.1 Å². The van der Waals surface area contributed by atoms with Gasteiger partial charge in [-0.2, -0.15) is 0 Å². The summed E-state index contributed by atoms with van der Waals surface area (Å²) >= 11 is 5.58. The van der Waals surface area contributed by atoms with E-state index in [9.17, 15) is 13.2 Å². The number of halogens is 4. The molecule has 0 aliphatic carbocycles. The number of benzene rings is 1. The summed E-state index contributed by atoms with van der Waals surface area (Å²) in [6.07, 6.45) is 0. The molecule has 0 bridgehead atoms. The fraction of sp³-hybridized carbons (Fsp3) is 0. The van der Waals surface area contributed by atoms with E-state index in [-0.39, 0.29) is 22.3 Å². The molecule has 0 aliphatic rings. The number of pyridine rings is 1. The lowest BCUT2D eigenvalue weighted by atomic mass is 10.3. The zero-order valence-electron chi connectivity index (χ0n) is 9.35. The number of nitrogens with two attached hydrogens (primary N) is 1. The lowest BCUT2D eigenvalue weighted by Gasteiger charge is -2.10. The van der Waals surface area contributed by atoms with Crippen molar-refractivity contribution in [2.75, 3.05) is 10.7 Å². The minimum Gasteiger partial charge on any atom is -0.335 e. The molecule has 0 amide bonds. The van der Waals surface area contributed by atoms with Gasteiger partial charge in [-0.25, -0.2) is 24.0 Å². The Labute approximate surface area is 111 Å². The Morgan fingerprint density at radius 3 is 2.47 bits per heavy atom. The molecular weight excluding hydrogens is 281 g/mol. The van der Waals surface area contributed by atoms with E-state index in [0.717, 1.165) is 0 Å². The van der Waals surface area contributed by atoms with E-state index in [1.165, 1.54) is 18.2 Å².